The maximum Gasteiger partial charge on any atom is 0.321 e. The first-order chi connectivity index (χ1) is 12.9. The summed E-state index contributed by atoms with van der Waals surface area (Å²) in [5, 5.41) is 12.1. The Hall–Kier alpha value is -2.61. The quantitative estimate of drug-likeness (QED) is 0.836. The minimum Gasteiger partial charge on any atom is -0.481 e. The predicted molar refractivity (Wildman–Crippen MR) is 99.9 cm³/mol. The van der Waals surface area contributed by atoms with Crippen molar-refractivity contribution < 1.29 is 24.2 Å². The van der Waals surface area contributed by atoms with E-state index in [1.165, 1.54) is 7.11 Å². The molecule has 8 nitrogen and oxygen atoms in total. The van der Waals surface area contributed by atoms with Crippen molar-refractivity contribution in [2.45, 2.75) is 19.8 Å². The largest absolute Gasteiger partial charge is 0.481 e. The fourth-order valence-electron chi connectivity index (χ4n) is 3.84. The van der Waals surface area contributed by atoms with Crippen LogP contribution < -0.4 is 10.2 Å². The van der Waals surface area contributed by atoms with E-state index in [-0.39, 0.29) is 31.0 Å². The maximum atomic E-state index is 12.6. The molecule has 2 N–H and O–H groups in total. The van der Waals surface area contributed by atoms with E-state index < -0.39 is 11.9 Å². The highest BCUT2D eigenvalue weighted by Crippen LogP contribution is 2.31. The van der Waals surface area contributed by atoms with Crippen molar-refractivity contribution in [1.82, 2.24) is 4.90 Å². The van der Waals surface area contributed by atoms with Crippen LogP contribution in [-0.4, -0.2) is 61.3 Å². The molecule has 1 aromatic rings. The van der Waals surface area contributed by atoms with Gasteiger partial charge >= 0.3 is 12.0 Å². The number of carbonyl (C=O) groups is 3. The number of hydrogen-bond donors (Lipinski definition) is 2. The number of nitrogens with zero attached hydrogens (tertiary/aromatic N) is 2. The number of hydrogen-bond acceptors (Lipinski definition) is 4. The summed E-state index contributed by atoms with van der Waals surface area (Å²) < 4.78 is 4.91. The molecule has 27 heavy (non-hydrogen) atoms. The number of amides is 3. The molecule has 0 bridgehead atoms. The van der Waals surface area contributed by atoms with Crippen molar-refractivity contribution >= 4 is 29.3 Å². The summed E-state index contributed by atoms with van der Waals surface area (Å²) in [5.41, 5.74) is 2.48. The Bertz CT molecular complexity index is 751. The minimum atomic E-state index is -0.863. The smallest absolute Gasteiger partial charge is 0.321 e. The van der Waals surface area contributed by atoms with Crippen LogP contribution in [0.3, 0.4) is 0 Å². The Labute approximate surface area is 158 Å². The van der Waals surface area contributed by atoms with E-state index in [1.807, 2.05) is 19.1 Å². The number of rotatable bonds is 4. The molecule has 1 aromatic carbocycles. The molecule has 1 fully saturated rings. The number of likely N-dealkylation sites (tertiary alicyclic amines) is 1. The van der Waals surface area contributed by atoms with E-state index in [0.717, 1.165) is 17.7 Å². The lowest BCUT2D eigenvalue weighted by Gasteiger charge is -2.34. The van der Waals surface area contributed by atoms with Crippen molar-refractivity contribution in [3.63, 3.8) is 0 Å². The fraction of sp³-hybridized carbons (Fsp3) is 0.526. The number of ether oxygens (including phenoxy) is 1. The molecule has 2 unspecified atom stereocenters. The molecule has 2 aliphatic rings. The molecule has 0 aromatic heterocycles. The van der Waals surface area contributed by atoms with Gasteiger partial charge < -0.3 is 25.0 Å². The van der Waals surface area contributed by atoms with E-state index in [0.29, 0.717) is 25.2 Å². The minimum absolute atomic E-state index is 0.0375. The van der Waals surface area contributed by atoms with Gasteiger partial charge in [-0.15, -0.1) is 0 Å². The van der Waals surface area contributed by atoms with Gasteiger partial charge in [0, 0.05) is 38.1 Å². The lowest BCUT2D eigenvalue weighted by molar-refractivity contribution is -0.143. The summed E-state index contributed by atoms with van der Waals surface area (Å²) in [6, 6.07) is 5.16. The molecule has 2 atom stereocenters. The van der Waals surface area contributed by atoms with E-state index in [1.54, 1.807) is 15.9 Å². The van der Waals surface area contributed by atoms with E-state index in [9.17, 15) is 19.5 Å². The van der Waals surface area contributed by atoms with Crippen LogP contribution in [0.2, 0.25) is 0 Å². The molecule has 8 heteroatoms. The molecule has 3 amide bonds. The van der Waals surface area contributed by atoms with Gasteiger partial charge in [0.2, 0.25) is 0 Å². The molecule has 3 rings (SSSR count). The molecule has 0 aliphatic carbocycles. The second-order valence-electron chi connectivity index (χ2n) is 7.28. The predicted octanol–water partition coefficient (Wildman–Crippen LogP) is 1.80. The standard InChI is InChI=1S/C19H25N3O5/c1-12-7-14(18(24)25)10-21(9-12)19(26)20-15-3-4-16-13(8-15)5-6-22(16)17(23)11-27-2/h3-4,8,12,14H,5-7,9-11H2,1-2H3,(H,20,26)(H,24,25). The van der Waals surface area contributed by atoms with Gasteiger partial charge in [-0.25, -0.2) is 4.79 Å². The second kappa shape index (κ2) is 7.96. The monoisotopic (exact) mass is 375 g/mol. The number of piperidine rings is 1. The maximum absolute atomic E-state index is 12.6. The normalized spacial score (nSPS) is 21.7. The number of benzene rings is 1. The first kappa shape index (κ1) is 19.2. The van der Waals surface area contributed by atoms with Crippen LogP contribution in [0.1, 0.15) is 18.9 Å². The zero-order chi connectivity index (χ0) is 19.6. The average Bonchev–Trinajstić information content (AvgIpc) is 3.04. The van der Waals surface area contributed by atoms with Crippen molar-refractivity contribution in [2.24, 2.45) is 11.8 Å². The van der Waals surface area contributed by atoms with Crippen LogP contribution in [0.25, 0.3) is 0 Å². The molecule has 0 saturated carbocycles. The summed E-state index contributed by atoms with van der Waals surface area (Å²) >= 11 is 0. The fourth-order valence-corrected chi connectivity index (χ4v) is 3.84. The van der Waals surface area contributed by atoms with E-state index in [4.69, 9.17) is 4.74 Å². The van der Waals surface area contributed by atoms with Crippen molar-refractivity contribution in [3.05, 3.63) is 23.8 Å². The Kier molecular flexibility index (Phi) is 5.65. The number of nitrogens with one attached hydrogen (secondary N) is 1. The van der Waals surface area contributed by atoms with Gasteiger partial charge in [0.15, 0.2) is 0 Å². The van der Waals surface area contributed by atoms with Gasteiger partial charge in [0.25, 0.3) is 5.91 Å². The zero-order valence-electron chi connectivity index (χ0n) is 15.6. The average molecular weight is 375 g/mol. The molecular formula is C19H25N3O5. The lowest BCUT2D eigenvalue weighted by atomic mass is 9.91. The molecule has 2 aliphatic heterocycles. The Morgan fingerprint density at radius 1 is 1.30 bits per heavy atom. The number of carboxylic acids is 1. The number of anilines is 2. The van der Waals surface area contributed by atoms with Crippen LogP contribution in [0.15, 0.2) is 18.2 Å². The van der Waals surface area contributed by atoms with Crippen LogP contribution in [0.4, 0.5) is 16.2 Å². The third kappa shape index (κ3) is 4.21. The first-order valence-electron chi connectivity index (χ1n) is 9.10. The van der Waals surface area contributed by atoms with Crippen LogP contribution in [0, 0.1) is 11.8 Å². The summed E-state index contributed by atoms with van der Waals surface area (Å²) in [4.78, 5) is 39.2. The molecular weight excluding hydrogens is 350 g/mol. The van der Waals surface area contributed by atoms with Gasteiger partial charge in [-0.1, -0.05) is 6.92 Å². The summed E-state index contributed by atoms with van der Waals surface area (Å²) in [5.74, 6) is -1.33. The molecule has 1 saturated heterocycles. The van der Waals surface area contributed by atoms with Gasteiger partial charge in [-0.3, -0.25) is 9.59 Å². The number of urea groups is 1. The van der Waals surface area contributed by atoms with Crippen molar-refractivity contribution in [1.29, 1.82) is 0 Å². The number of carbonyl (C=O) groups excluding carboxylic acids is 2. The Morgan fingerprint density at radius 2 is 2.07 bits per heavy atom. The number of carboxylic acid groups (broad SMARTS) is 1. The first-order valence-corrected chi connectivity index (χ1v) is 9.10. The highest BCUT2D eigenvalue weighted by molar-refractivity contribution is 5.97. The van der Waals surface area contributed by atoms with Crippen LogP contribution in [0.5, 0.6) is 0 Å². The molecule has 0 radical (unpaired) electrons. The van der Waals surface area contributed by atoms with Crippen LogP contribution >= 0.6 is 0 Å². The highest BCUT2D eigenvalue weighted by Gasteiger charge is 2.32. The number of aliphatic carboxylic acids is 1. The van der Waals surface area contributed by atoms with Crippen molar-refractivity contribution in [2.75, 3.05) is 43.6 Å². The van der Waals surface area contributed by atoms with Gasteiger partial charge in [-0.2, -0.15) is 0 Å². The van der Waals surface area contributed by atoms with Gasteiger partial charge in [0.05, 0.1) is 5.92 Å². The number of fused-ring (bicyclic) bond motifs is 1. The zero-order valence-corrected chi connectivity index (χ0v) is 15.6. The lowest BCUT2D eigenvalue weighted by Crippen LogP contribution is -2.47. The summed E-state index contributed by atoms with van der Waals surface area (Å²) in [6.45, 7) is 3.35. The molecule has 0 spiro atoms. The van der Waals surface area contributed by atoms with E-state index in [2.05, 4.69) is 5.32 Å². The summed E-state index contributed by atoms with van der Waals surface area (Å²) in [6.07, 6.45) is 1.31. The topological polar surface area (TPSA) is 99.2 Å². The van der Waals surface area contributed by atoms with Gasteiger partial charge in [0.1, 0.15) is 6.61 Å². The Morgan fingerprint density at radius 3 is 2.78 bits per heavy atom. The third-order valence-electron chi connectivity index (χ3n) is 5.09. The highest BCUT2D eigenvalue weighted by atomic mass is 16.5. The number of methoxy groups -OCH3 is 1. The molecule has 146 valence electrons. The second-order valence-corrected chi connectivity index (χ2v) is 7.28. The van der Waals surface area contributed by atoms with Crippen LogP contribution in [-0.2, 0) is 20.7 Å². The SMILES string of the molecule is COCC(=O)N1CCc2cc(NC(=O)N3CC(C)CC(C(=O)O)C3)ccc21. The van der Waals surface area contributed by atoms with Gasteiger partial charge in [-0.05, 0) is 42.5 Å². The van der Waals surface area contributed by atoms with Crippen molar-refractivity contribution in [3.8, 4) is 0 Å². The Balaban J connectivity index is 1.67. The molecule has 2 heterocycles. The summed E-state index contributed by atoms with van der Waals surface area (Å²) in [7, 11) is 1.49. The van der Waals surface area contributed by atoms with E-state index >= 15 is 0 Å². The third-order valence-corrected chi connectivity index (χ3v) is 5.09.